The number of benzene rings is 1. The molecule has 1 rings (SSSR count). The van der Waals surface area contributed by atoms with Crippen LogP contribution in [0.1, 0.15) is 33.6 Å². The zero-order valence-electron chi connectivity index (χ0n) is 15.1. The molecule has 0 aromatic heterocycles. The van der Waals surface area contributed by atoms with Crippen molar-refractivity contribution >= 4 is 33.4 Å². The van der Waals surface area contributed by atoms with E-state index in [1.54, 1.807) is 13.8 Å². The van der Waals surface area contributed by atoms with Crippen LogP contribution in [0.3, 0.4) is 0 Å². The van der Waals surface area contributed by atoms with E-state index >= 15 is 0 Å². The molecule has 0 atom stereocenters. The molecule has 0 spiro atoms. The molecule has 0 unspecified atom stereocenters. The molecule has 8 nitrogen and oxygen atoms in total. The first-order valence-corrected chi connectivity index (χ1v) is 9.69. The Kier molecular flexibility index (Phi) is 8.40. The van der Waals surface area contributed by atoms with Gasteiger partial charge in [0.2, 0.25) is 10.0 Å². The van der Waals surface area contributed by atoms with Crippen molar-refractivity contribution in [2.24, 2.45) is 0 Å². The molecule has 9 heteroatoms. The fourth-order valence-electron chi connectivity index (χ4n) is 2.12. The molecule has 26 heavy (non-hydrogen) atoms. The van der Waals surface area contributed by atoms with Gasteiger partial charge in [0.25, 0.3) is 5.91 Å². The van der Waals surface area contributed by atoms with Crippen LogP contribution in [-0.4, -0.2) is 50.1 Å². The van der Waals surface area contributed by atoms with Crippen LogP contribution in [0.25, 0.3) is 0 Å². The maximum Gasteiger partial charge on any atom is 0.306 e. The number of esters is 1. The van der Waals surface area contributed by atoms with Crippen LogP contribution in [0, 0.1) is 0 Å². The lowest BCUT2D eigenvalue weighted by atomic mass is 10.2. The number of Topliss-reactive ketones (excluding diaryl/α,β-unsaturated/α-hetero) is 1. The fourth-order valence-corrected chi connectivity index (χ4v) is 3.57. The number of nitrogens with zero attached hydrogens (tertiary/aromatic N) is 1. The van der Waals surface area contributed by atoms with Crippen molar-refractivity contribution in [2.75, 3.05) is 25.0 Å². The number of anilines is 1. The highest BCUT2D eigenvalue weighted by Gasteiger charge is 2.21. The predicted octanol–water partition coefficient (Wildman–Crippen LogP) is 1.57. The van der Waals surface area contributed by atoms with Gasteiger partial charge in [0, 0.05) is 25.2 Å². The lowest BCUT2D eigenvalue weighted by Crippen LogP contribution is -2.30. The number of carbonyl (C=O) groups excluding carboxylic acids is 3. The third-order valence-corrected chi connectivity index (χ3v) is 5.59. The van der Waals surface area contributed by atoms with E-state index in [9.17, 15) is 22.8 Å². The maximum atomic E-state index is 12.4. The van der Waals surface area contributed by atoms with Gasteiger partial charge in [-0.25, -0.2) is 8.42 Å². The Morgan fingerprint density at radius 2 is 1.62 bits per heavy atom. The first kappa shape index (κ1) is 21.8. The second-order valence-electron chi connectivity index (χ2n) is 5.52. The van der Waals surface area contributed by atoms with Crippen molar-refractivity contribution in [2.45, 2.75) is 38.5 Å². The van der Waals surface area contributed by atoms with Gasteiger partial charge >= 0.3 is 5.97 Å². The minimum Gasteiger partial charge on any atom is -0.456 e. The number of rotatable bonds is 10. The van der Waals surface area contributed by atoms with Crippen LogP contribution in [-0.2, 0) is 29.1 Å². The summed E-state index contributed by atoms with van der Waals surface area (Å²) in [6.45, 7) is 5.14. The Labute approximate surface area is 153 Å². The van der Waals surface area contributed by atoms with Gasteiger partial charge < -0.3 is 14.8 Å². The minimum absolute atomic E-state index is 0.0689. The largest absolute Gasteiger partial charge is 0.456 e. The Balaban J connectivity index is 2.60. The van der Waals surface area contributed by atoms with Crippen LogP contribution in [0.4, 0.5) is 5.69 Å². The average Bonchev–Trinajstić information content (AvgIpc) is 2.59. The summed E-state index contributed by atoms with van der Waals surface area (Å²) in [4.78, 5) is 34.0. The zero-order valence-corrected chi connectivity index (χ0v) is 16.0. The second kappa shape index (κ2) is 10.0. The maximum absolute atomic E-state index is 12.4. The first-order chi connectivity index (χ1) is 12.2. The van der Waals surface area contributed by atoms with E-state index < -0.39 is 28.5 Å². The molecule has 0 saturated carbocycles. The van der Waals surface area contributed by atoms with Crippen molar-refractivity contribution in [3.63, 3.8) is 0 Å². The highest BCUT2D eigenvalue weighted by atomic mass is 32.2. The number of sulfonamides is 1. The monoisotopic (exact) mass is 384 g/mol. The van der Waals surface area contributed by atoms with Gasteiger partial charge in [0.05, 0.1) is 11.3 Å². The quantitative estimate of drug-likeness (QED) is 0.613. The number of hydrogen-bond acceptors (Lipinski definition) is 6. The Hall–Kier alpha value is -2.26. The standard InChI is InChI=1S/C17H24N2O6S/c1-4-19(5-2)26(23,24)15-9-7-14(8-10-15)18-16(21)12-25-17(22)11-6-13(3)20/h7-10H,4-6,11-12H2,1-3H3,(H,18,21). The zero-order chi connectivity index (χ0) is 19.7. The molecule has 1 aromatic carbocycles. The highest BCUT2D eigenvalue weighted by Crippen LogP contribution is 2.18. The number of nitrogens with one attached hydrogen (secondary N) is 1. The van der Waals surface area contributed by atoms with Crippen LogP contribution >= 0.6 is 0 Å². The second-order valence-corrected chi connectivity index (χ2v) is 7.46. The number of ether oxygens (including phenoxy) is 1. The molecule has 0 aliphatic rings. The summed E-state index contributed by atoms with van der Waals surface area (Å²) in [7, 11) is -3.56. The molecule has 0 aliphatic carbocycles. The first-order valence-electron chi connectivity index (χ1n) is 8.25. The molecular weight excluding hydrogens is 360 g/mol. The fraction of sp³-hybridized carbons (Fsp3) is 0.471. The molecule has 1 aromatic rings. The van der Waals surface area contributed by atoms with E-state index in [1.165, 1.54) is 35.5 Å². The SMILES string of the molecule is CCN(CC)S(=O)(=O)c1ccc(NC(=O)COC(=O)CCC(C)=O)cc1. The molecule has 0 fully saturated rings. The van der Waals surface area contributed by atoms with Gasteiger partial charge in [-0.3, -0.25) is 9.59 Å². The Morgan fingerprint density at radius 3 is 2.12 bits per heavy atom. The molecule has 0 bridgehead atoms. The number of hydrogen-bond donors (Lipinski definition) is 1. The summed E-state index contributed by atoms with van der Waals surface area (Å²) < 4.78 is 30.8. The Morgan fingerprint density at radius 1 is 1.04 bits per heavy atom. The van der Waals surface area contributed by atoms with Gasteiger partial charge in [-0.15, -0.1) is 0 Å². The summed E-state index contributed by atoms with van der Waals surface area (Å²) in [6, 6.07) is 5.74. The molecule has 1 amide bonds. The van der Waals surface area contributed by atoms with Crippen LogP contribution in [0.2, 0.25) is 0 Å². The molecule has 0 saturated heterocycles. The third-order valence-electron chi connectivity index (χ3n) is 3.53. The van der Waals surface area contributed by atoms with E-state index in [-0.39, 0.29) is 23.5 Å². The summed E-state index contributed by atoms with van der Waals surface area (Å²) in [5, 5.41) is 2.51. The van der Waals surface area contributed by atoms with E-state index in [2.05, 4.69) is 5.32 Å². The van der Waals surface area contributed by atoms with Crippen molar-refractivity contribution < 1.29 is 27.5 Å². The van der Waals surface area contributed by atoms with Crippen molar-refractivity contribution in [1.29, 1.82) is 0 Å². The number of amides is 1. The molecule has 0 radical (unpaired) electrons. The molecule has 1 N–H and O–H groups in total. The average molecular weight is 384 g/mol. The predicted molar refractivity (Wildman–Crippen MR) is 96.1 cm³/mol. The lowest BCUT2D eigenvalue weighted by molar-refractivity contribution is -0.148. The van der Waals surface area contributed by atoms with Crippen molar-refractivity contribution in [1.82, 2.24) is 4.31 Å². The molecule has 0 aliphatic heterocycles. The van der Waals surface area contributed by atoms with Gasteiger partial charge in [0.1, 0.15) is 5.78 Å². The van der Waals surface area contributed by atoms with Crippen LogP contribution in [0.5, 0.6) is 0 Å². The summed E-state index contributed by atoms with van der Waals surface area (Å²) in [5.41, 5.74) is 0.383. The number of ketones is 1. The van der Waals surface area contributed by atoms with Crippen LogP contribution < -0.4 is 5.32 Å². The van der Waals surface area contributed by atoms with E-state index in [4.69, 9.17) is 4.74 Å². The van der Waals surface area contributed by atoms with Crippen molar-refractivity contribution in [3.05, 3.63) is 24.3 Å². The van der Waals surface area contributed by atoms with Crippen LogP contribution in [0.15, 0.2) is 29.2 Å². The minimum atomic E-state index is -3.56. The highest BCUT2D eigenvalue weighted by molar-refractivity contribution is 7.89. The summed E-state index contributed by atoms with van der Waals surface area (Å²) in [5.74, 6) is -1.32. The summed E-state index contributed by atoms with van der Waals surface area (Å²) >= 11 is 0. The van der Waals surface area contributed by atoms with Gasteiger partial charge in [0.15, 0.2) is 6.61 Å². The smallest absolute Gasteiger partial charge is 0.306 e. The summed E-state index contributed by atoms with van der Waals surface area (Å²) in [6.07, 6.45) is 0.00343. The van der Waals surface area contributed by atoms with E-state index in [0.29, 0.717) is 18.8 Å². The molecule has 0 heterocycles. The normalized spacial score (nSPS) is 11.2. The van der Waals surface area contributed by atoms with Gasteiger partial charge in [-0.1, -0.05) is 13.8 Å². The van der Waals surface area contributed by atoms with E-state index in [1.807, 2.05) is 0 Å². The van der Waals surface area contributed by atoms with Gasteiger partial charge in [-0.05, 0) is 31.2 Å². The third kappa shape index (κ3) is 6.57. The van der Waals surface area contributed by atoms with Gasteiger partial charge in [-0.2, -0.15) is 4.31 Å². The van der Waals surface area contributed by atoms with Crippen molar-refractivity contribution in [3.8, 4) is 0 Å². The topological polar surface area (TPSA) is 110 Å². The molecular formula is C17H24N2O6S. The Bertz CT molecular complexity index is 739. The van der Waals surface area contributed by atoms with E-state index in [0.717, 1.165) is 0 Å². The lowest BCUT2D eigenvalue weighted by Gasteiger charge is -2.18. The number of carbonyl (C=O) groups is 3. The molecule has 144 valence electrons.